The number of hydrogen-bond donors (Lipinski definition) is 2. The van der Waals surface area contributed by atoms with Crippen molar-refractivity contribution >= 4 is 34.6 Å². The number of esters is 1. The predicted octanol–water partition coefficient (Wildman–Crippen LogP) is 6.73. The maximum absolute atomic E-state index is 14.7. The molecule has 0 saturated carbocycles. The molecule has 0 unspecified atom stereocenters. The molecular weight excluding hydrogens is 871 g/mol. The molecule has 2 aromatic heterocycles. The monoisotopic (exact) mass is 942 g/mol. The van der Waals surface area contributed by atoms with Crippen LogP contribution in [-0.4, -0.2) is 125 Å². The summed E-state index contributed by atoms with van der Waals surface area (Å²) in [6.07, 6.45) is 4.40. The van der Waals surface area contributed by atoms with Gasteiger partial charge in [0.25, 0.3) is 11.8 Å². The highest BCUT2D eigenvalue weighted by molar-refractivity contribution is 5.96. The van der Waals surface area contributed by atoms with Crippen LogP contribution in [0.1, 0.15) is 97.6 Å². The zero-order valence-corrected chi connectivity index (χ0v) is 42.0. The van der Waals surface area contributed by atoms with Crippen LogP contribution in [0.2, 0.25) is 0 Å². The fourth-order valence-electron chi connectivity index (χ4n) is 10.0. The van der Waals surface area contributed by atoms with Crippen molar-refractivity contribution in [2.75, 3.05) is 53.0 Å². The topological polar surface area (TPSA) is 148 Å². The Morgan fingerprint density at radius 3 is 2.49 bits per heavy atom. The third-order valence-electron chi connectivity index (χ3n) is 14.5. The first-order valence-corrected chi connectivity index (χ1v) is 24.9. The summed E-state index contributed by atoms with van der Waals surface area (Å²) in [6.45, 7) is 20.6. The molecule has 368 valence electrons. The van der Waals surface area contributed by atoms with Crippen molar-refractivity contribution in [3.63, 3.8) is 0 Å². The van der Waals surface area contributed by atoms with Crippen LogP contribution in [-0.2, 0) is 52.8 Å². The summed E-state index contributed by atoms with van der Waals surface area (Å²) in [5.74, 6) is 4.04. The molecule has 4 aromatic rings. The van der Waals surface area contributed by atoms with Crippen LogP contribution in [0.15, 0.2) is 60.8 Å². The zero-order chi connectivity index (χ0) is 49.2. The van der Waals surface area contributed by atoms with Crippen LogP contribution < -0.4 is 10.7 Å². The zero-order valence-electron chi connectivity index (χ0n) is 42.0. The number of nitrogens with one attached hydrogen (secondary N) is 2. The molecule has 8 rings (SSSR count). The van der Waals surface area contributed by atoms with Crippen molar-refractivity contribution in [3.05, 3.63) is 77.6 Å². The molecule has 2 N–H and O–H groups in total. The van der Waals surface area contributed by atoms with E-state index in [-0.39, 0.29) is 61.0 Å². The number of amides is 3. The fraction of sp³-hybridized carbons (Fsp3) is 0.545. The van der Waals surface area contributed by atoms with E-state index < -0.39 is 29.4 Å². The van der Waals surface area contributed by atoms with E-state index in [1.807, 2.05) is 52.8 Å². The molecule has 4 aliphatic rings. The minimum atomic E-state index is -0.955. The van der Waals surface area contributed by atoms with Crippen molar-refractivity contribution in [2.24, 2.45) is 17.3 Å². The van der Waals surface area contributed by atoms with Crippen molar-refractivity contribution in [3.8, 4) is 34.2 Å². The van der Waals surface area contributed by atoms with Gasteiger partial charge in [-0.3, -0.25) is 34.1 Å². The van der Waals surface area contributed by atoms with Crippen LogP contribution in [0.25, 0.3) is 33.3 Å². The van der Waals surface area contributed by atoms with E-state index >= 15 is 0 Å². The number of aryl methyl sites for hydroxylation is 1. The summed E-state index contributed by atoms with van der Waals surface area (Å²) < 4.78 is 20.6. The number of hydrazine groups is 1. The number of likely N-dealkylation sites (tertiary alicyclic amines) is 2. The molecule has 3 saturated heterocycles. The number of rotatable bonds is 11. The molecule has 14 heteroatoms. The number of fused-ring (bicyclic) bond motifs is 6. The lowest BCUT2D eigenvalue weighted by atomic mass is 9.84. The summed E-state index contributed by atoms with van der Waals surface area (Å²) >= 11 is 0. The van der Waals surface area contributed by atoms with Gasteiger partial charge in [-0.2, -0.15) is 0 Å². The number of pyridine rings is 1. The first-order chi connectivity index (χ1) is 33.0. The molecule has 69 heavy (non-hydrogen) atoms. The third kappa shape index (κ3) is 10.9. The molecular formula is C55H71N7O7. The number of methoxy groups -OCH3 is 1. The molecule has 3 fully saturated rings. The summed E-state index contributed by atoms with van der Waals surface area (Å²) in [7, 11) is 1.70. The molecule has 0 aliphatic carbocycles. The average Bonchev–Trinajstić information content (AvgIpc) is 3.60. The van der Waals surface area contributed by atoms with Gasteiger partial charge < -0.3 is 29.0 Å². The molecule has 0 radical (unpaired) electrons. The van der Waals surface area contributed by atoms with Crippen molar-refractivity contribution in [1.82, 2.24) is 35.1 Å². The van der Waals surface area contributed by atoms with Gasteiger partial charge in [0.1, 0.15) is 12.1 Å². The lowest BCUT2D eigenvalue weighted by Crippen LogP contribution is -2.61. The highest BCUT2D eigenvalue weighted by Crippen LogP contribution is 2.42. The quantitative estimate of drug-likeness (QED) is 0.123. The molecule has 3 amide bonds. The smallest absolute Gasteiger partial charge is 0.324 e. The highest BCUT2D eigenvalue weighted by Gasteiger charge is 2.38. The molecule has 6 bridgehead atoms. The van der Waals surface area contributed by atoms with Gasteiger partial charge in [-0.25, -0.2) is 5.43 Å². The molecule has 14 nitrogen and oxygen atoms in total. The Labute approximate surface area is 407 Å². The summed E-state index contributed by atoms with van der Waals surface area (Å²) in [4.78, 5) is 64.7. The number of cyclic esters (lactones) is 1. The Hall–Kier alpha value is -5.59. The van der Waals surface area contributed by atoms with Gasteiger partial charge in [-0.1, -0.05) is 63.9 Å². The van der Waals surface area contributed by atoms with Gasteiger partial charge in [-0.05, 0) is 112 Å². The first kappa shape index (κ1) is 49.8. The Morgan fingerprint density at radius 1 is 1.01 bits per heavy atom. The number of carbonyl (C=O) groups is 4. The molecule has 4 aliphatic heterocycles. The van der Waals surface area contributed by atoms with Gasteiger partial charge in [0.2, 0.25) is 5.91 Å². The van der Waals surface area contributed by atoms with Crippen molar-refractivity contribution in [1.29, 1.82) is 0 Å². The van der Waals surface area contributed by atoms with Gasteiger partial charge in [0.05, 0.1) is 48.3 Å². The summed E-state index contributed by atoms with van der Waals surface area (Å²) in [6, 6.07) is 17.1. The minimum Gasteiger partial charge on any atom is -0.464 e. The van der Waals surface area contributed by atoms with Crippen LogP contribution in [0.3, 0.4) is 0 Å². The number of carbonyl (C=O) groups excluding carboxylic acids is 4. The van der Waals surface area contributed by atoms with E-state index in [9.17, 15) is 19.2 Å². The maximum atomic E-state index is 14.7. The lowest BCUT2D eigenvalue weighted by Gasteiger charge is -2.41. The summed E-state index contributed by atoms with van der Waals surface area (Å²) in [5.41, 5.74) is 10.4. The van der Waals surface area contributed by atoms with Gasteiger partial charge in [0.15, 0.2) is 0 Å². The lowest BCUT2D eigenvalue weighted by molar-refractivity contribution is -0.155. The van der Waals surface area contributed by atoms with Crippen LogP contribution in [0.4, 0.5) is 0 Å². The largest absolute Gasteiger partial charge is 0.464 e. The second-order valence-corrected chi connectivity index (χ2v) is 21.0. The van der Waals surface area contributed by atoms with E-state index in [4.69, 9.17) is 19.2 Å². The van der Waals surface area contributed by atoms with Crippen molar-refractivity contribution in [2.45, 2.75) is 124 Å². The van der Waals surface area contributed by atoms with E-state index in [2.05, 4.69) is 89.2 Å². The first-order valence-electron chi connectivity index (χ1n) is 24.9. The maximum Gasteiger partial charge on any atom is 0.324 e. The third-order valence-corrected chi connectivity index (χ3v) is 14.5. The number of hydrogen-bond acceptors (Lipinski definition) is 10. The van der Waals surface area contributed by atoms with Crippen molar-refractivity contribution < 1.29 is 33.4 Å². The Kier molecular flexibility index (Phi) is 15.0. The van der Waals surface area contributed by atoms with Crippen LogP contribution in [0.5, 0.6) is 0 Å². The van der Waals surface area contributed by atoms with Crippen LogP contribution >= 0.6 is 0 Å². The summed E-state index contributed by atoms with van der Waals surface area (Å²) in [5, 5.41) is 5.72. The van der Waals surface area contributed by atoms with E-state index in [1.54, 1.807) is 18.2 Å². The molecule has 0 spiro atoms. The average molecular weight is 942 g/mol. The predicted molar refractivity (Wildman–Crippen MR) is 266 cm³/mol. The van der Waals surface area contributed by atoms with E-state index in [1.165, 1.54) is 5.01 Å². The molecule has 4 atom stereocenters. The minimum absolute atomic E-state index is 0.109. The second kappa shape index (κ2) is 20.8. The normalized spacial score (nSPS) is 21.1. The Balaban J connectivity index is 1.08. The Morgan fingerprint density at radius 2 is 1.78 bits per heavy atom. The fourth-order valence-corrected chi connectivity index (χ4v) is 10.0. The highest BCUT2D eigenvalue weighted by atomic mass is 16.5. The van der Waals surface area contributed by atoms with Gasteiger partial charge in [-0.15, -0.1) is 0 Å². The van der Waals surface area contributed by atoms with Gasteiger partial charge in [0, 0.05) is 80.9 Å². The number of ether oxygens (including phenoxy) is 3. The van der Waals surface area contributed by atoms with Gasteiger partial charge >= 0.3 is 5.97 Å². The molecule has 6 heterocycles. The Bertz CT molecular complexity index is 2620. The standard InChI is InChI=1S/C55H71N7O7/c1-10-61-47-20-19-39-29-42(47)43(50(61)41-17-12-23-56-49(41)36(4)67-9)30-54(5,6)34-69-53(66)45-18-13-26-62(58-45)52(65)46(28-37-15-11-16-38(39)27-37)57-51(64)44(35(2)3)33-68-40-31-59(32-40)48(63)21-22-55(7,8)60-24-14-25-60/h11-12,15-17,19-20,23,27,29,35-36,40,44-46,58H,10,13-14,18,24-26,28,30-34H2,1-9H3,(H,57,64)/t36-,44-,45-,46-/m0/s1. The number of aromatic nitrogens is 2. The van der Waals surface area contributed by atoms with Crippen LogP contribution in [0, 0.1) is 29.1 Å². The molecule has 2 aromatic carbocycles. The second-order valence-electron chi connectivity index (χ2n) is 21.0. The SMILES string of the molecule is CCn1c(-c2cccnc2[C@H](C)OC)c2c3cc(ccc31)-c1cccc(c1)C[C@H](NC(=O)[C@@H](COC1CN(C(=O)C#CC(C)(C)N3CCC3)C1)C(C)C)C(=O)N1CCC[C@H](N1)C(=O)OCC(C)(C)C2. The number of nitrogens with zero attached hydrogens (tertiary/aromatic N) is 5. The number of benzene rings is 2. The van der Waals surface area contributed by atoms with E-state index in [0.29, 0.717) is 45.4 Å². The van der Waals surface area contributed by atoms with E-state index in [0.717, 1.165) is 69.6 Å².